The number of carbonyl (C=O) groups excluding carboxylic acids is 3. The molecule has 27 heavy (non-hydrogen) atoms. The Labute approximate surface area is 163 Å². The summed E-state index contributed by atoms with van der Waals surface area (Å²) < 4.78 is 0. The van der Waals surface area contributed by atoms with Crippen molar-refractivity contribution in [2.45, 2.75) is 12.0 Å². The number of fused-ring (bicyclic) bond motifs is 1. The summed E-state index contributed by atoms with van der Waals surface area (Å²) >= 11 is 12.0. The number of amides is 2. The van der Waals surface area contributed by atoms with E-state index in [-0.39, 0.29) is 21.7 Å². The Morgan fingerprint density at radius 2 is 1.67 bits per heavy atom. The van der Waals surface area contributed by atoms with Crippen molar-refractivity contribution in [3.63, 3.8) is 0 Å². The number of rotatable bonds is 6. The van der Waals surface area contributed by atoms with Crippen LogP contribution < -0.4 is 0 Å². The van der Waals surface area contributed by atoms with Crippen molar-refractivity contribution in [3.8, 4) is 0 Å². The van der Waals surface area contributed by atoms with Crippen LogP contribution in [0.1, 0.15) is 32.2 Å². The Hall–Kier alpha value is -2.77. The summed E-state index contributed by atoms with van der Waals surface area (Å²) in [4.78, 5) is 48.6. The van der Waals surface area contributed by atoms with E-state index in [9.17, 15) is 24.5 Å². The molecule has 2 atom stereocenters. The van der Waals surface area contributed by atoms with Crippen molar-refractivity contribution >= 4 is 41.3 Å². The molecule has 1 heterocycles. The number of hydrogen-bond donors (Lipinski definition) is 0. The summed E-state index contributed by atoms with van der Waals surface area (Å²) in [6.07, 6.45) is 0.362. The van der Waals surface area contributed by atoms with Gasteiger partial charge in [0, 0.05) is 15.0 Å². The largest absolute Gasteiger partial charge is 0.301 e. The van der Waals surface area contributed by atoms with Gasteiger partial charge in [0.1, 0.15) is 12.3 Å². The Morgan fingerprint density at radius 1 is 1.07 bits per heavy atom. The molecule has 0 spiro atoms. The van der Waals surface area contributed by atoms with Gasteiger partial charge in [-0.3, -0.25) is 24.6 Å². The highest BCUT2D eigenvalue weighted by Crippen LogP contribution is 2.34. The number of aldehydes is 1. The van der Waals surface area contributed by atoms with Gasteiger partial charge in [-0.2, -0.15) is 0 Å². The summed E-state index contributed by atoms with van der Waals surface area (Å²) in [5, 5.41) is 11.6. The molecule has 0 aliphatic carbocycles. The molecule has 0 N–H and O–H groups in total. The Bertz CT molecular complexity index is 928. The van der Waals surface area contributed by atoms with Gasteiger partial charge >= 0.3 is 0 Å². The van der Waals surface area contributed by atoms with E-state index >= 15 is 0 Å². The second kappa shape index (κ2) is 7.46. The average Bonchev–Trinajstić information content (AvgIpc) is 2.87. The van der Waals surface area contributed by atoms with E-state index in [0.29, 0.717) is 11.3 Å². The van der Waals surface area contributed by atoms with Crippen molar-refractivity contribution in [1.29, 1.82) is 0 Å². The third-order valence-electron chi connectivity index (χ3n) is 4.38. The van der Waals surface area contributed by atoms with Gasteiger partial charge in [0.05, 0.1) is 17.0 Å². The van der Waals surface area contributed by atoms with Gasteiger partial charge in [-0.1, -0.05) is 41.4 Å². The second-order valence-corrected chi connectivity index (χ2v) is 6.78. The molecule has 2 aromatic rings. The van der Waals surface area contributed by atoms with Gasteiger partial charge in [0.25, 0.3) is 11.8 Å². The van der Waals surface area contributed by atoms with Crippen LogP contribution in [-0.4, -0.2) is 40.5 Å². The number of carbonyl (C=O) groups is 3. The van der Waals surface area contributed by atoms with E-state index in [0.717, 1.165) is 4.90 Å². The first-order chi connectivity index (χ1) is 12.8. The highest BCUT2D eigenvalue weighted by atomic mass is 35.5. The van der Waals surface area contributed by atoms with Crippen molar-refractivity contribution in [2.75, 3.05) is 6.54 Å². The maximum Gasteiger partial charge on any atom is 0.262 e. The molecule has 0 fully saturated rings. The minimum atomic E-state index is -1.39. The monoisotopic (exact) mass is 406 g/mol. The number of benzene rings is 2. The van der Waals surface area contributed by atoms with Gasteiger partial charge in [-0.05, 0) is 29.8 Å². The van der Waals surface area contributed by atoms with Crippen LogP contribution in [0.2, 0.25) is 10.0 Å². The van der Waals surface area contributed by atoms with Crippen LogP contribution in [-0.2, 0) is 4.79 Å². The minimum Gasteiger partial charge on any atom is -0.301 e. The highest BCUT2D eigenvalue weighted by Gasteiger charge is 2.44. The quantitative estimate of drug-likeness (QED) is 0.317. The number of halogens is 2. The standard InChI is InChI=1S/C18H12Cl2N2O5/c19-10-5-6-11(15(20)7-10)14(8-21(26)27)16(9-23)22-17(24)12-3-1-2-4-13(12)18(22)25/h1-7,9,14,16H,8H2/t14-,16-/m1/s1. The predicted molar refractivity (Wildman–Crippen MR) is 97.9 cm³/mol. The van der Waals surface area contributed by atoms with Gasteiger partial charge in [0.15, 0.2) is 0 Å². The molecule has 3 rings (SSSR count). The van der Waals surface area contributed by atoms with E-state index < -0.39 is 35.2 Å². The zero-order chi connectivity index (χ0) is 19.7. The van der Waals surface area contributed by atoms with Crippen LogP contribution in [0.4, 0.5) is 0 Å². The summed E-state index contributed by atoms with van der Waals surface area (Å²) in [5.41, 5.74) is 0.555. The Morgan fingerprint density at radius 3 is 2.15 bits per heavy atom. The first-order valence-corrected chi connectivity index (χ1v) is 8.59. The van der Waals surface area contributed by atoms with Crippen LogP contribution in [0.25, 0.3) is 0 Å². The summed E-state index contributed by atoms with van der Waals surface area (Å²) in [7, 11) is 0. The zero-order valence-corrected chi connectivity index (χ0v) is 15.2. The van der Waals surface area contributed by atoms with E-state index in [2.05, 4.69) is 0 Å². The van der Waals surface area contributed by atoms with Crippen LogP contribution in [0.5, 0.6) is 0 Å². The molecule has 0 aromatic heterocycles. The minimum absolute atomic E-state index is 0.109. The number of imide groups is 1. The van der Waals surface area contributed by atoms with E-state index in [4.69, 9.17) is 23.2 Å². The average molecular weight is 407 g/mol. The van der Waals surface area contributed by atoms with Gasteiger partial charge in [0.2, 0.25) is 6.54 Å². The van der Waals surface area contributed by atoms with Crippen LogP contribution >= 0.6 is 23.2 Å². The highest BCUT2D eigenvalue weighted by molar-refractivity contribution is 6.35. The topological polar surface area (TPSA) is 97.6 Å². The first kappa shape index (κ1) is 19.0. The van der Waals surface area contributed by atoms with Gasteiger partial charge < -0.3 is 4.79 Å². The van der Waals surface area contributed by atoms with E-state index in [1.807, 2.05) is 0 Å². The normalized spacial score (nSPS) is 15.4. The molecule has 0 bridgehead atoms. The molecule has 7 nitrogen and oxygen atoms in total. The fourth-order valence-corrected chi connectivity index (χ4v) is 3.72. The lowest BCUT2D eigenvalue weighted by molar-refractivity contribution is -0.484. The predicted octanol–water partition coefficient (Wildman–Crippen LogP) is 3.22. The molecule has 138 valence electrons. The maximum absolute atomic E-state index is 12.7. The molecule has 9 heteroatoms. The van der Waals surface area contributed by atoms with Crippen LogP contribution in [0, 0.1) is 10.1 Å². The number of hydrogen-bond acceptors (Lipinski definition) is 5. The molecule has 1 aliphatic rings. The van der Waals surface area contributed by atoms with Crippen molar-refractivity contribution in [1.82, 2.24) is 4.90 Å². The fraction of sp³-hybridized carbons (Fsp3) is 0.167. The molecular formula is C18H12Cl2N2O5. The molecule has 0 unspecified atom stereocenters. The molecule has 2 aromatic carbocycles. The lowest BCUT2D eigenvalue weighted by Gasteiger charge is -2.28. The van der Waals surface area contributed by atoms with Gasteiger partial charge in [-0.25, -0.2) is 0 Å². The summed E-state index contributed by atoms with van der Waals surface area (Å²) in [6.45, 7) is -0.696. The third-order valence-corrected chi connectivity index (χ3v) is 4.95. The molecule has 0 saturated heterocycles. The van der Waals surface area contributed by atoms with Crippen molar-refractivity contribution < 1.29 is 19.3 Å². The van der Waals surface area contributed by atoms with E-state index in [1.54, 1.807) is 12.1 Å². The van der Waals surface area contributed by atoms with E-state index in [1.165, 1.54) is 30.3 Å². The summed E-state index contributed by atoms with van der Waals surface area (Å²) in [6, 6.07) is 9.04. The fourth-order valence-electron chi connectivity index (χ4n) is 3.17. The molecular weight excluding hydrogens is 395 g/mol. The van der Waals surface area contributed by atoms with Gasteiger partial charge in [-0.15, -0.1) is 0 Å². The summed E-state index contributed by atoms with van der Waals surface area (Å²) in [5.74, 6) is -2.47. The lowest BCUT2D eigenvalue weighted by Crippen LogP contribution is -2.46. The SMILES string of the molecule is O=C[C@H]([C@H](C[N+](=O)[O-])c1ccc(Cl)cc1Cl)N1C(=O)c2ccccc2C1=O. The van der Waals surface area contributed by atoms with Crippen molar-refractivity contribution in [3.05, 3.63) is 79.3 Å². The number of nitrogens with zero attached hydrogens (tertiary/aromatic N) is 2. The lowest BCUT2D eigenvalue weighted by atomic mass is 9.91. The van der Waals surface area contributed by atoms with Crippen LogP contribution in [0.15, 0.2) is 42.5 Å². The maximum atomic E-state index is 12.7. The number of nitro groups is 1. The third kappa shape index (κ3) is 3.43. The zero-order valence-electron chi connectivity index (χ0n) is 13.7. The molecule has 0 saturated carbocycles. The van der Waals surface area contributed by atoms with Crippen molar-refractivity contribution in [2.24, 2.45) is 0 Å². The molecule has 2 amide bonds. The Balaban J connectivity index is 2.08. The molecule has 1 aliphatic heterocycles. The second-order valence-electron chi connectivity index (χ2n) is 5.94. The molecule has 0 radical (unpaired) electrons. The Kier molecular flexibility index (Phi) is 5.25. The first-order valence-electron chi connectivity index (χ1n) is 7.84. The van der Waals surface area contributed by atoms with Crippen LogP contribution in [0.3, 0.4) is 0 Å². The smallest absolute Gasteiger partial charge is 0.262 e.